The summed E-state index contributed by atoms with van der Waals surface area (Å²) < 4.78 is 33.2. The Balaban J connectivity index is 1.29. The summed E-state index contributed by atoms with van der Waals surface area (Å²) in [5.41, 5.74) is 0.599. The third-order valence-electron chi connectivity index (χ3n) is 4.95. The number of aromatic nitrogens is 1. The summed E-state index contributed by atoms with van der Waals surface area (Å²) >= 11 is 3.38. The minimum atomic E-state index is -3.46. The van der Waals surface area contributed by atoms with Gasteiger partial charge in [0.1, 0.15) is 11.4 Å². The topological polar surface area (TPSA) is 95.8 Å². The Morgan fingerprint density at radius 1 is 1.13 bits per heavy atom. The minimum absolute atomic E-state index is 0.0162. The van der Waals surface area contributed by atoms with Gasteiger partial charge < -0.3 is 14.6 Å². The molecule has 10 heteroatoms. The number of piperazine rings is 1. The summed E-state index contributed by atoms with van der Waals surface area (Å²) in [5, 5.41) is 3.43. The number of hydrogen-bond donors (Lipinski definition) is 1. The minimum Gasteiger partial charge on any atom is -0.451 e. The zero-order chi connectivity index (χ0) is 21.1. The molecule has 0 spiro atoms. The summed E-state index contributed by atoms with van der Waals surface area (Å²) in [4.78, 5) is 18.7. The average molecular weight is 493 g/mol. The maximum Gasteiger partial charge on any atom is 0.287 e. The molecule has 1 aliphatic heterocycles. The van der Waals surface area contributed by atoms with Crippen LogP contribution in [0.25, 0.3) is 11.0 Å². The largest absolute Gasteiger partial charge is 0.451 e. The molecule has 0 aliphatic carbocycles. The van der Waals surface area contributed by atoms with Gasteiger partial charge in [-0.15, -0.1) is 0 Å². The van der Waals surface area contributed by atoms with E-state index in [2.05, 4.69) is 31.1 Å². The van der Waals surface area contributed by atoms with Gasteiger partial charge in [0.05, 0.1) is 5.75 Å². The van der Waals surface area contributed by atoms with Gasteiger partial charge in [-0.25, -0.2) is 13.4 Å². The number of benzene rings is 1. The van der Waals surface area contributed by atoms with E-state index in [1.807, 2.05) is 30.3 Å². The van der Waals surface area contributed by atoms with Crippen LogP contribution in [-0.2, 0) is 10.0 Å². The first-order valence-electron chi connectivity index (χ1n) is 9.53. The first-order chi connectivity index (χ1) is 14.4. The van der Waals surface area contributed by atoms with E-state index in [4.69, 9.17) is 4.42 Å². The number of hydrogen-bond acceptors (Lipinski definition) is 6. The molecule has 8 nitrogen and oxygen atoms in total. The molecule has 158 valence electrons. The second-order valence-corrected chi connectivity index (χ2v) is 9.94. The van der Waals surface area contributed by atoms with E-state index in [9.17, 15) is 13.2 Å². The molecule has 1 saturated heterocycles. The van der Waals surface area contributed by atoms with Crippen LogP contribution in [0.15, 0.2) is 57.6 Å². The molecule has 4 rings (SSSR count). The van der Waals surface area contributed by atoms with Crippen molar-refractivity contribution in [3.63, 3.8) is 0 Å². The summed E-state index contributed by atoms with van der Waals surface area (Å²) in [7, 11) is -3.46. The molecule has 3 aromatic rings. The number of nitrogens with one attached hydrogen (secondary N) is 1. The highest BCUT2D eigenvalue weighted by Crippen LogP contribution is 2.23. The molecule has 2 aromatic heterocycles. The fourth-order valence-electron chi connectivity index (χ4n) is 3.37. The molecule has 1 aromatic carbocycles. The average Bonchev–Trinajstić information content (AvgIpc) is 3.18. The van der Waals surface area contributed by atoms with Crippen molar-refractivity contribution in [1.29, 1.82) is 0 Å². The summed E-state index contributed by atoms with van der Waals surface area (Å²) in [5.74, 6) is 0.412. The van der Waals surface area contributed by atoms with E-state index in [1.165, 1.54) is 4.31 Å². The number of sulfonamides is 1. The summed E-state index contributed by atoms with van der Waals surface area (Å²) in [6.45, 7) is 1.97. The monoisotopic (exact) mass is 492 g/mol. The Morgan fingerprint density at radius 3 is 2.67 bits per heavy atom. The second kappa shape index (κ2) is 8.75. The van der Waals surface area contributed by atoms with Crippen molar-refractivity contribution in [3.05, 3.63) is 58.9 Å². The van der Waals surface area contributed by atoms with Crippen LogP contribution in [0.3, 0.4) is 0 Å². The molecule has 0 unspecified atom stereocenters. The van der Waals surface area contributed by atoms with E-state index in [0.29, 0.717) is 31.8 Å². The third-order valence-corrected chi connectivity index (χ3v) is 7.32. The first-order valence-corrected chi connectivity index (χ1v) is 11.9. The van der Waals surface area contributed by atoms with Crippen LogP contribution in [0.1, 0.15) is 10.6 Å². The number of rotatable bonds is 6. The van der Waals surface area contributed by atoms with Gasteiger partial charge in [-0.05, 0) is 36.4 Å². The smallest absolute Gasteiger partial charge is 0.287 e. The first kappa shape index (κ1) is 20.8. The molecule has 0 atom stereocenters. The Labute approximate surface area is 183 Å². The molecule has 0 saturated carbocycles. The molecule has 1 N–H and O–H groups in total. The molecule has 1 aliphatic rings. The predicted molar refractivity (Wildman–Crippen MR) is 118 cm³/mol. The van der Waals surface area contributed by atoms with Crippen molar-refractivity contribution in [2.45, 2.75) is 0 Å². The number of anilines is 1. The van der Waals surface area contributed by atoms with Crippen LogP contribution in [0, 0.1) is 0 Å². The van der Waals surface area contributed by atoms with E-state index >= 15 is 0 Å². The van der Waals surface area contributed by atoms with E-state index in [0.717, 1.165) is 15.7 Å². The Morgan fingerprint density at radius 2 is 1.93 bits per heavy atom. The predicted octanol–water partition coefficient (Wildman–Crippen LogP) is 2.47. The number of fused-ring (bicyclic) bond motifs is 1. The molecule has 3 heterocycles. The van der Waals surface area contributed by atoms with Crippen molar-refractivity contribution in [2.24, 2.45) is 0 Å². The maximum atomic E-state index is 12.6. The Bertz CT molecular complexity index is 1140. The van der Waals surface area contributed by atoms with Gasteiger partial charge >= 0.3 is 0 Å². The zero-order valence-corrected chi connectivity index (χ0v) is 18.5. The SMILES string of the molecule is O=C(NCCS(=O)(=O)N1CCN(c2ccccn2)CC1)c1cc2cc(Br)ccc2o1. The van der Waals surface area contributed by atoms with Crippen molar-refractivity contribution < 1.29 is 17.6 Å². The third kappa shape index (κ3) is 4.66. The van der Waals surface area contributed by atoms with Crippen LogP contribution in [0.5, 0.6) is 0 Å². The number of nitrogens with zero attached hydrogens (tertiary/aromatic N) is 3. The molecule has 0 radical (unpaired) electrons. The van der Waals surface area contributed by atoms with Gasteiger partial charge in [0.15, 0.2) is 5.76 Å². The molecular formula is C20H21BrN4O4S. The quantitative estimate of drug-likeness (QED) is 0.567. The van der Waals surface area contributed by atoms with Crippen molar-refractivity contribution in [1.82, 2.24) is 14.6 Å². The van der Waals surface area contributed by atoms with Crippen molar-refractivity contribution >= 4 is 48.6 Å². The van der Waals surface area contributed by atoms with Gasteiger partial charge in [0.2, 0.25) is 10.0 Å². The van der Waals surface area contributed by atoms with Gasteiger partial charge in [0.25, 0.3) is 5.91 Å². The van der Waals surface area contributed by atoms with Crippen LogP contribution in [0.4, 0.5) is 5.82 Å². The van der Waals surface area contributed by atoms with Crippen LogP contribution in [0.2, 0.25) is 0 Å². The lowest BCUT2D eigenvalue weighted by atomic mass is 10.2. The number of amides is 1. The van der Waals surface area contributed by atoms with Crippen LogP contribution < -0.4 is 10.2 Å². The highest BCUT2D eigenvalue weighted by atomic mass is 79.9. The van der Waals surface area contributed by atoms with Crippen molar-refractivity contribution in [2.75, 3.05) is 43.4 Å². The number of carbonyl (C=O) groups excluding carboxylic acids is 1. The lowest BCUT2D eigenvalue weighted by Gasteiger charge is -2.34. The van der Waals surface area contributed by atoms with Crippen LogP contribution >= 0.6 is 15.9 Å². The fourth-order valence-corrected chi connectivity index (χ4v) is 5.09. The molecule has 0 bridgehead atoms. The molecule has 1 amide bonds. The number of pyridine rings is 1. The summed E-state index contributed by atoms with van der Waals surface area (Å²) in [6, 6.07) is 12.8. The molecule has 30 heavy (non-hydrogen) atoms. The van der Waals surface area contributed by atoms with E-state index in [1.54, 1.807) is 18.3 Å². The number of furan rings is 1. The van der Waals surface area contributed by atoms with E-state index in [-0.39, 0.29) is 18.1 Å². The second-order valence-electron chi connectivity index (χ2n) is 6.94. The van der Waals surface area contributed by atoms with Gasteiger partial charge in [0, 0.05) is 48.8 Å². The maximum absolute atomic E-state index is 12.6. The fraction of sp³-hybridized carbons (Fsp3) is 0.300. The number of halogens is 1. The van der Waals surface area contributed by atoms with Gasteiger partial charge in [-0.1, -0.05) is 22.0 Å². The standard InChI is InChI=1S/C20H21BrN4O4S/c21-16-4-5-17-15(13-16)14-18(29-17)20(26)23-7-12-30(27,28)25-10-8-24(9-11-25)19-3-1-2-6-22-19/h1-6,13-14H,7-12H2,(H,23,26). The van der Waals surface area contributed by atoms with Gasteiger partial charge in [-0.3, -0.25) is 4.79 Å². The normalized spacial score (nSPS) is 15.4. The van der Waals surface area contributed by atoms with Crippen molar-refractivity contribution in [3.8, 4) is 0 Å². The highest BCUT2D eigenvalue weighted by molar-refractivity contribution is 9.10. The summed E-state index contributed by atoms with van der Waals surface area (Å²) in [6.07, 6.45) is 1.72. The molecule has 1 fully saturated rings. The number of carbonyl (C=O) groups is 1. The Hall–Kier alpha value is -2.43. The highest BCUT2D eigenvalue weighted by Gasteiger charge is 2.27. The Kier molecular flexibility index (Phi) is 6.07. The van der Waals surface area contributed by atoms with Gasteiger partial charge in [-0.2, -0.15) is 4.31 Å². The van der Waals surface area contributed by atoms with E-state index < -0.39 is 15.9 Å². The lowest BCUT2D eigenvalue weighted by Crippen LogP contribution is -2.50. The lowest BCUT2D eigenvalue weighted by molar-refractivity contribution is 0.0930. The zero-order valence-electron chi connectivity index (χ0n) is 16.1. The molecular weight excluding hydrogens is 472 g/mol. The van der Waals surface area contributed by atoms with Crippen LogP contribution in [-0.4, -0.2) is 62.1 Å².